The molecule has 32 heavy (non-hydrogen) atoms. The summed E-state index contributed by atoms with van der Waals surface area (Å²) < 4.78 is 0. The molecule has 1 saturated heterocycles. The van der Waals surface area contributed by atoms with E-state index in [0.717, 1.165) is 5.56 Å². The molecule has 0 bridgehead atoms. The molecule has 2 heterocycles. The third-order valence-electron chi connectivity index (χ3n) is 5.68. The third-order valence-corrected chi connectivity index (χ3v) is 5.68. The van der Waals surface area contributed by atoms with Crippen molar-refractivity contribution in [2.45, 2.75) is 32.2 Å². The topological polar surface area (TPSA) is 125 Å². The van der Waals surface area contributed by atoms with Crippen LogP contribution in [0.25, 0.3) is 0 Å². The minimum atomic E-state index is -1.22. The quantitative estimate of drug-likeness (QED) is 0.474. The van der Waals surface area contributed by atoms with E-state index >= 15 is 0 Å². The van der Waals surface area contributed by atoms with Gasteiger partial charge in [-0.1, -0.05) is 23.8 Å². The van der Waals surface area contributed by atoms with E-state index in [1.165, 1.54) is 4.90 Å². The maximum Gasteiger partial charge on any atom is 0.322 e. The fourth-order valence-electron chi connectivity index (χ4n) is 3.88. The molecular formula is C23H22N4O5. The summed E-state index contributed by atoms with van der Waals surface area (Å²) in [5.41, 5.74) is 1.46. The lowest BCUT2D eigenvalue weighted by Crippen LogP contribution is -2.40. The zero-order valence-electron chi connectivity index (χ0n) is 17.7. The number of rotatable bonds is 6. The highest BCUT2D eigenvalue weighted by molar-refractivity contribution is 6.21. The van der Waals surface area contributed by atoms with Gasteiger partial charge in [0, 0.05) is 18.7 Å². The number of fused-ring (bicyclic) bond motifs is 1. The monoisotopic (exact) mass is 434 g/mol. The second-order valence-electron chi connectivity index (χ2n) is 8.08. The highest BCUT2D eigenvalue weighted by Crippen LogP contribution is 2.27. The maximum absolute atomic E-state index is 12.5. The van der Waals surface area contributed by atoms with Gasteiger partial charge in [-0.2, -0.15) is 0 Å². The molecule has 0 aromatic heterocycles. The van der Waals surface area contributed by atoms with Crippen LogP contribution < -0.4 is 16.0 Å². The van der Waals surface area contributed by atoms with Gasteiger partial charge in [-0.3, -0.25) is 29.4 Å². The van der Waals surface area contributed by atoms with Gasteiger partial charge in [0.25, 0.3) is 17.7 Å². The van der Waals surface area contributed by atoms with E-state index in [4.69, 9.17) is 0 Å². The van der Waals surface area contributed by atoms with Crippen molar-refractivity contribution in [3.8, 4) is 0 Å². The van der Waals surface area contributed by atoms with Crippen LogP contribution in [0.2, 0.25) is 0 Å². The normalized spacial score (nSPS) is 19.6. The predicted octanol–water partition coefficient (Wildman–Crippen LogP) is 2.06. The van der Waals surface area contributed by atoms with Gasteiger partial charge in [0.1, 0.15) is 5.54 Å². The van der Waals surface area contributed by atoms with Crippen molar-refractivity contribution in [3.05, 3.63) is 64.7 Å². The first-order valence-electron chi connectivity index (χ1n) is 10.2. The Bertz CT molecular complexity index is 1170. The van der Waals surface area contributed by atoms with Gasteiger partial charge in [0.05, 0.1) is 11.1 Å². The molecule has 2 aromatic rings. The molecule has 2 aliphatic heterocycles. The second kappa shape index (κ2) is 7.92. The molecular weight excluding hydrogens is 412 g/mol. The number of anilines is 1. The molecule has 6 amide bonds. The van der Waals surface area contributed by atoms with Gasteiger partial charge in [0.15, 0.2) is 0 Å². The van der Waals surface area contributed by atoms with Gasteiger partial charge >= 0.3 is 6.03 Å². The number of amides is 6. The van der Waals surface area contributed by atoms with Crippen LogP contribution >= 0.6 is 0 Å². The highest BCUT2D eigenvalue weighted by atomic mass is 16.2. The fourth-order valence-corrected chi connectivity index (χ4v) is 3.88. The molecule has 0 radical (unpaired) electrons. The lowest BCUT2D eigenvalue weighted by Gasteiger charge is -2.21. The minimum absolute atomic E-state index is 0.102. The van der Waals surface area contributed by atoms with Crippen LogP contribution in [0.3, 0.4) is 0 Å². The Morgan fingerprint density at radius 1 is 1.03 bits per heavy atom. The molecule has 164 valence electrons. The number of carbonyl (C=O) groups is 5. The number of nitrogens with one attached hydrogen (secondary N) is 3. The number of benzene rings is 2. The second-order valence-corrected chi connectivity index (χ2v) is 8.08. The van der Waals surface area contributed by atoms with E-state index in [-0.39, 0.29) is 30.7 Å². The molecule has 9 nitrogen and oxygen atoms in total. The number of carbonyl (C=O) groups excluding carboxylic acids is 5. The average molecular weight is 434 g/mol. The van der Waals surface area contributed by atoms with Crippen molar-refractivity contribution in [2.75, 3.05) is 11.9 Å². The summed E-state index contributed by atoms with van der Waals surface area (Å²) in [6.45, 7) is 3.58. The molecule has 2 aromatic carbocycles. The molecule has 0 saturated carbocycles. The van der Waals surface area contributed by atoms with Crippen LogP contribution in [0.1, 0.15) is 51.6 Å². The molecule has 1 unspecified atom stereocenters. The van der Waals surface area contributed by atoms with Gasteiger partial charge in [-0.05, 0) is 50.1 Å². The Hall–Kier alpha value is -4.01. The van der Waals surface area contributed by atoms with Crippen molar-refractivity contribution < 1.29 is 24.0 Å². The Balaban J connectivity index is 1.35. The van der Waals surface area contributed by atoms with Crippen LogP contribution in [0.15, 0.2) is 42.5 Å². The summed E-state index contributed by atoms with van der Waals surface area (Å²) in [7, 11) is 0. The van der Waals surface area contributed by atoms with Gasteiger partial charge in [-0.25, -0.2) is 4.79 Å². The minimum Gasteiger partial charge on any atom is -0.326 e. The first-order chi connectivity index (χ1) is 15.2. The molecule has 9 heteroatoms. The first-order valence-corrected chi connectivity index (χ1v) is 10.2. The lowest BCUT2D eigenvalue weighted by molar-refractivity contribution is -0.123. The summed E-state index contributed by atoms with van der Waals surface area (Å²) in [6, 6.07) is 11.2. The summed E-state index contributed by atoms with van der Waals surface area (Å²) in [5, 5.41) is 7.53. The van der Waals surface area contributed by atoms with E-state index in [1.54, 1.807) is 49.4 Å². The number of hydrogen-bond donors (Lipinski definition) is 3. The van der Waals surface area contributed by atoms with Gasteiger partial charge in [-0.15, -0.1) is 0 Å². The van der Waals surface area contributed by atoms with E-state index < -0.39 is 17.5 Å². The molecule has 0 spiro atoms. The molecule has 1 atom stereocenters. The van der Waals surface area contributed by atoms with E-state index in [2.05, 4.69) is 16.0 Å². The van der Waals surface area contributed by atoms with Crippen LogP contribution in [0.5, 0.6) is 0 Å². The zero-order valence-corrected chi connectivity index (χ0v) is 17.7. The summed E-state index contributed by atoms with van der Waals surface area (Å²) in [6.07, 6.45) is 0.414. The number of imide groups is 2. The lowest BCUT2D eigenvalue weighted by atomic mass is 9.92. The largest absolute Gasteiger partial charge is 0.326 e. The van der Waals surface area contributed by atoms with Gasteiger partial charge < -0.3 is 10.6 Å². The Morgan fingerprint density at radius 3 is 2.50 bits per heavy atom. The number of urea groups is 1. The van der Waals surface area contributed by atoms with Crippen molar-refractivity contribution in [2.24, 2.45) is 0 Å². The third kappa shape index (κ3) is 3.73. The Labute approximate surface area is 184 Å². The zero-order chi connectivity index (χ0) is 23.0. The van der Waals surface area contributed by atoms with Crippen LogP contribution in [0, 0.1) is 6.92 Å². The van der Waals surface area contributed by atoms with Crippen molar-refractivity contribution in [1.82, 2.24) is 15.5 Å². The van der Waals surface area contributed by atoms with Crippen molar-refractivity contribution in [3.63, 3.8) is 0 Å². The molecule has 1 fully saturated rings. The Kier molecular flexibility index (Phi) is 5.25. The highest BCUT2D eigenvalue weighted by Gasteiger charge is 2.43. The van der Waals surface area contributed by atoms with Crippen LogP contribution in [-0.2, 0) is 15.1 Å². The van der Waals surface area contributed by atoms with E-state index in [9.17, 15) is 24.0 Å². The van der Waals surface area contributed by atoms with Crippen molar-refractivity contribution >= 4 is 35.3 Å². The number of hydrogen-bond acceptors (Lipinski definition) is 5. The van der Waals surface area contributed by atoms with E-state index in [0.29, 0.717) is 28.8 Å². The summed E-state index contributed by atoms with van der Waals surface area (Å²) in [4.78, 5) is 62.2. The molecule has 3 N–H and O–H groups in total. The average Bonchev–Trinajstić information content (AvgIpc) is 3.14. The van der Waals surface area contributed by atoms with Crippen molar-refractivity contribution in [1.29, 1.82) is 0 Å². The van der Waals surface area contributed by atoms with Crippen LogP contribution in [0.4, 0.5) is 10.5 Å². The summed E-state index contributed by atoms with van der Waals surface area (Å²) in [5.74, 6) is -1.45. The fraction of sp³-hybridized carbons (Fsp3) is 0.261. The number of aryl methyl sites for hydroxylation is 1. The predicted molar refractivity (Wildman–Crippen MR) is 115 cm³/mol. The molecule has 4 rings (SSSR count). The van der Waals surface area contributed by atoms with E-state index in [1.807, 2.05) is 6.92 Å². The first kappa shape index (κ1) is 21.2. The van der Waals surface area contributed by atoms with Crippen LogP contribution in [-0.4, -0.2) is 41.1 Å². The SMILES string of the molecule is Cc1ccc2c(c1)C(=O)N(CCCC(=O)Nc1cccc(C3(C)NC(=O)NC3=O)c1)C2=O. The summed E-state index contributed by atoms with van der Waals surface area (Å²) >= 11 is 0. The smallest absolute Gasteiger partial charge is 0.322 e. The Morgan fingerprint density at radius 2 is 1.78 bits per heavy atom. The number of nitrogens with zero attached hydrogens (tertiary/aromatic N) is 1. The standard InChI is InChI=1S/C23H22N4O5/c1-13-8-9-16-17(11-13)20(30)27(19(16)29)10-4-7-18(28)24-15-6-3-5-14(12-15)23(2)21(31)25-22(32)26-23/h3,5-6,8-9,11-12H,4,7,10H2,1-2H3,(H,24,28)(H2,25,26,31,32). The van der Waals surface area contributed by atoms with Gasteiger partial charge in [0.2, 0.25) is 5.91 Å². The molecule has 0 aliphatic carbocycles. The molecule has 2 aliphatic rings. The maximum atomic E-state index is 12.5.